The first-order chi connectivity index (χ1) is 9.52. The monoisotopic (exact) mass is 286 g/mol. The van der Waals surface area contributed by atoms with Gasteiger partial charge in [-0.25, -0.2) is 4.79 Å². The summed E-state index contributed by atoms with van der Waals surface area (Å²) in [6, 6.07) is 5.22. The van der Waals surface area contributed by atoms with E-state index in [2.05, 4.69) is 21.9 Å². The molecule has 0 aliphatic heterocycles. The van der Waals surface area contributed by atoms with Crippen LogP contribution in [-0.2, 0) is 0 Å². The van der Waals surface area contributed by atoms with E-state index in [0.29, 0.717) is 12.1 Å². The second kappa shape index (κ2) is 8.11. The molecule has 1 unspecified atom stereocenters. The molecule has 0 aromatic heterocycles. The summed E-state index contributed by atoms with van der Waals surface area (Å²) in [5.41, 5.74) is 0.368. The van der Waals surface area contributed by atoms with Gasteiger partial charge in [-0.05, 0) is 17.7 Å². The minimum Gasteiger partial charge on any atom is -0.435 e. The summed E-state index contributed by atoms with van der Waals surface area (Å²) in [6.45, 7) is 0.767. The molecule has 5 nitrogen and oxygen atoms in total. The largest absolute Gasteiger partial charge is 0.435 e. The van der Waals surface area contributed by atoms with Crippen LogP contribution in [0.4, 0.5) is 13.6 Å². The zero-order valence-electron chi connectivity index (χ0n) is 10.7. The smallest absolute Gasteiger partial charge is 0.387 e. The van der Waals surface area contributed by atoms with Crippen molar-refractivity contribution in [3.05, 3.63) is 42.5 Å². The molecule has 1 aromatic rings. The van der Waals surface area contributed by atoms with Crippen LogP contribution in [0, 0.1) is 0 Å². The lowest BCUT2D eigenvalue weighted by atomic mass is 10.1. The summed E-state index contributed by atoms with van der Waals surface area (Å²) in [4.78, 5) is 11.2. The number of rotatable bonds is 7. The van der Waals surface area contributed by atoms with Crippen molar-refractivity contribution >= 4 is 6.03 Å². The van der Waals surface area contributed by atoms with Gasteiger partial charge in [0.25, 0.3) is 0 Å². The Kier molecular flexibility index (Phi) is 6.45. The van der Waals surface area contributed by atoms with Gasteiger partial charge in [-0.2, -0.15) is 8.78 Å². The van der Waals surface area contributed by atoms with Gasteiger partial charge in [0.1, 0.15) is 5.75 Å². The van der Waals surface area contributed by atoms with Crippen molar-refractivity contribution in [2.24, 2.45) is 0 Å². The minimum atomic E-state index is -2.93. The molecule has 0 fully saturated rings. The van der Waals surface area contributed by atoms with Gasteiger partial charge in [0.2, 0.25) is 0 Å². The number of urea groups is 1. The van der Waals surface area contributed by atoms with E-state index in [1.807, 2.05) is 0 Å². The van der Waals surface area contributed by atoms with Gasteiger partial charge in [0, 0.05) is 13.1 Å². The number of alkyl halides is 2. The number of hydrogen-bond donors (Lipinski definition) is 3. The summed E-state index contributed by atoms with van der Waals surface area (Å²) < 4.78 is 28.4. The summed E-state index contributed by atoms with van der Waals surface area (Å²) in [5.74, 6) is -0.0485. The molecular weight excluding hydrogens is 270 g/mol. The molecule has 0 aliphatic rings. The molecule has 0 radical (unpaired) electrons. The summed E-state index contributed by atoms with van der Waals surface area (Å²) >= 11 is 0. The number of benzene rings is 1. The quantitative estimate of drug-likeness (QED) is 0.669. The van der Waals surface area contributed by atoms with Gasteiger partial charge in [-0.3, -0.25) is 0 Å². The molecule has 1 atom stereocenters. The maximum absolute atomic E-state index is 12.1. The Balaban J connectivity index is 2.52. The van der Waals surface area contributed by atoms with E-state index in [0.717, 1.165) is 0 Å². The van der Waals surface area contributed by atoms with Crippen molar-refractivity contribution in [3.63, 3.8) is 0 Å². The average molecular weight is 286 g/mol. The summed E-state index contributed by atoms with van der Waals surface area (Å²) in [6.07, 6.45) is 0.493. The van der Waals surface area contributed by atoms with Crippen LogP contribution >= 0.6 is 0 Å². The van der Waals surface area contributed by atoms with Crippen LogP contribution in [0.25, 0.3) is 0 Å². The first kappa shape index (κ1) is 15.9. The van der Waals surface area contributed by atoms with E-state index >= 15 is 0 Å². The highest BCUT2D eigenvalue weighted by Crippen LogP contribution is 2.20. The van der Waals surface area contributed by atoms with Crippen molar-refractivity contribution in [1.82, 2.24) is 10.6 Å². The standard InChI is InChI=1S/C13H16F2N2O3/c1-2-6-16-13(19)17-8-11(18)9-4-3-5-10(7-9)20-12(14)15/h2-5,7,11-12,18H,1,6,8H2,(H2,16,17,19). The summed E-state index contributed by atoms with van der Waals surface area (Å²) in [5, 5.41) is 14.8. The van der Waals surface area contributed by atoms with Crippen molar-refractivity contribution < 1.29 is 23.4 Å². The second-order valence-corrected chi connectivity index (χ2v) is 3.85. The van der Waals surface area contributed by atoms with Gasteiger partial charge >= 0.3 is 12.6 Å². The molecular formula is C13H16F2N2O3. The van der Waals surface area contributed by atoms with Gasteiger partial charge in [-0.1, -0.05) is 18.2 Å². The van der Waals surface area contributed by atoms with E-state index in [1.165, 1.54) is 24.3 Å². The first-order valence-electron chi connectivity index (χ1n) is 5.88. The fraction of sp³-hybridized carbons (Fsp3) is 0.308. The Bertz CT molecular complexity index is 455. The molecule has 0 spiro atoms. The lowest BCUT2D eigenvalue weighted by molar-refractivity contribution is -0.0499. The van der Waals surface area contributed by atoms with Gasteiger partial charge < -0.3 is 20.5 Å². The molecule has 0 saturated heterocycles. The van der Waals surface area contributed by atoms with Gasteiger partial charge in [0.05, 0.1) is 6.10 Å². The van der Waals surface area contributed by atoms with Crippen LogP contribution < -0.4 is 15.4 Å². The molecule has 0 heterocycles. The molecule has 0 bridgehead atoms. The highest BCUT2D eigenvalue weighted by Gasteiger charge is 2.11. The van der Waals surface area contributed by atoms with Crippen molar-refractivity contribution in [2.45, 2.75) is 12.7 Å². The van der Waals surface area contributed by atoms with Crippen molar-refractivity contribution in [1.29, 1.82) is 0 Å². The number of hydrogen-bond acceptors (Lipinski definition) is 3. The zero-order valence-corrected chi connectivity index (χ0v) is 10.7. The third kappa shape index (κ3) is 5.66. The van der Waals surface area contributed by atoms with Crippen LogP contribution in [0.15, 0.2) is 36.9 Å². The molecule has 1 rings (SSSR count). The third-order valence-corrected chi connectivity index (χ3v) is 2.33. The SMILES string of the molecule is C=CCNC(=O)NCC(O)c1cccc(OC(F)F)c1. The molecule has 3 N–H and O–H groups in total. The maximum Gasteiger partial charge on any atom is 0.387 e. The molecule has 0 saturated carbocycles. The third-order valence-electron chi connectivity index (χ3n) is 2.33. The topological polar surface area (TPSA) is 70.6 Å². The molecule has 7 heteroatoms. The molecule has 0 aliphatic carbocycles. The Morgan fingerprint density at radius 1 is 1.45 bits per heavy atom. The van der Waals surface area contributed by atoms with E-state index in [4.69, 9.17) is 0 Å². The molecule has 1 aromatic carbocycles. The Morgan fingerprint density at radius 2 is 2.20 bits per heavy atom. The Hall–Kier alpha value is -2.15. The molecule has 20 heavy (non-hydrogen) atoms. The number of aliphatic hydroxyl groups is 1. The van der Waals surface area contributed by atoms with Crippen LogP contribution in [0.1, 0.15) is 11.7 Å². The Labute approximate surface area is 115 Å². The first-order valence-corrected chi connectivity index (χ1v) is 5.88. The molecule has 110 valence electrons. The van der Waals surface area contributed by atoms with Crippen molar-refractivity contribution in [3.8, 4) is 5.75 Å². The number of amides is 2. The number of ether oxygens (including phenoxy) is 1. The number of nitrogens with one attached hydrogen (secondary N) is 2. The zero-order chi connectivity index (χ0) is 15.0. The van der Waals surface area contributed by atoms with E-state index < -0.39 is 18.7 Å². The predicted molar refractivity (Wildman–Crippen MR) is 69.6 cm³/mol. The normalized spacial score (nSPS) is 11.8. The number of carbonyl (C=O) groups excluding carboxylic acids is 1. The van der Waals surface area contributed by atoms with Crippen LogP contribution in [0.2, 0.25) is 0 Å². The van der Waals surface area contributed by atoms with Crippen LogP contribution in [0.3, 0.4) is 0 Å². The van der Waals surface area contributed by atoms with Gasteiger partial charge in [-0.15, -0.1) is 6.58 Å². The molecule has 2 amide bonds. The second-order valence-electron chi connectivity index (χ2n) is 3.85. The van der Waals surface area contributed by atoms with Crippen molar-refractivity contribution in [2.75, 3.05) is 13.1 Å². The fourth-order valence-corrected chi connectivity index (χ4v) is 1.43. The number of carbonyl (C=O) groups is 1. The maximum atomic E-state index is 12.1. The van der Waals surface area contributed by atoms with Gasteiger partial charge in [0.15, 0.2) is 0 Å². The fourth-order valence-electron chi connectivity index (χ4n) is 1.43. The number of aliphatic hydroxyl groups excluding tert-OH is 1. The van der Waals surface area contributed by atoms with Crippen LogP contribution in [0.5, 0.6) is 5.75 Å². The Morgan fingerprint density at radius 3 is 2.85 bits per heavy atom. The van der Waals surface area contributed by atoms with E-state index in [9.17, 15) is 18.7 Å². The highest BCUT2D eigenvalue weighted by molar-refractivity contribution is 5.73. The lowest BCUT2D eigenvalue weighted by Gasteiger charge is -2.14. The highest BCUT2D eigenvalue weighted by atomic mass is 19.3. The van der Waals surface area contributed by atoms with E-state index in [1.54, 1.807) is 6.07 Å². The lowest BCUT2D eigenvalue weighted by Crippen LogP contribution is -2.37. The predicted octanol–water partition coefficient (Wildman–Crippen LogP) is 1.81. The van der Waals surface area contributed by atoms with Crippen LogP contribution in [-0.4, -0.2) is 30.8 Å². The minimum absolute atomic E-state index is 0.0485. The average Bonchev–Trinajstić information content (AvgIpc) is 2.42. The number of halogens is 2. The summed E-state index contributed by atoms with van der Waals surface area (Å²) in [7, 11) is 0. The van der Waals surface area contributed by atoms with E-state index in [-0.39, 0.29) is 12.3 Å².